The molecule has 2 heteroatoms. The third-order valence-corrected chi connectivity index (χ3v) is 2.69. The van der Waals surface area contributed by atoms with Crippen LogP contribution < -0.4 is 0 Å². The van der Waals surface area contributed by atoms with Gasteiger partial charge < -0.3 is 0 Å². The van der Waals surface area contributed by atoms with Gasteiger partial charge in [0.15, 0.2) is 0 Å². The summed E-state index contributed by atoms with van der Waals surface area (Å²) in [6.07, 6.45) is 1.65. The lowest BCUT2D eigenvalue weighted by Crippen LogP contribution is -1.81. The smallest absolute Gasteiger partial charge is 0.124 e. The lowest BCUT2D eigenvalue weighted by atomic mass is 10.1. The summed E-state index contributed by atoms with van der Waals surface area (Å²) >= 11 is 1.61. The highest BCUT2D eigenvalue weighted by Crippen LogP contribution is 2.24. The van der Waals surface area contributed by atoms with Gasteiger partial charge in [0.05, 0.1) is 0 Å². The molecule has 0 aliphatic carbocycles. The van der Waals surface area contributed by atoms with E-state index in [0.29, 0.717) is 0 Å². The van der Waals surface area contributed by atoms with E-state index in [1.165, 1.54) is 12.1 Å². The van der Waals surface area contributed by atoms with Crippen LogP contribution in [0.5, 0.6) is 0 Å². The summed E-state index contributed by atoms with van der Waals surface area (Å²) < 4.78 is 13.2. The Balaban J connectivity index is 2.54. The fourth-order valence-electron chi connectivity index (χ4n) is 1.33. The van der Waals surface area contributed by atoms with E-state index in [0.717, 1.165) is 16.7 Å². The molecule has 2 aromatic rings. The van der Waals surface area contributed by atoms with Crippen LogP contribution in [-0.2, 0) is 0 Å². The first-order valence-electron chi connectivity index (χ1n) is 4.25. The highest BCUT2D eigenvalue weighted by molar-refractivity contribution is 7.08. The molecular weight excluding hydrogens is 195 g/mol. The van der Waals surface area contributed by atoms with Crippen LogP contribution in [0.2, 0.25) is 0 Å². The Bertz CT molecular complexity index is 443. The molecule has 0 N–H and O–H groups in total. The van der Waals surface area contributed by atoms with E-state index >= 15 is 0 Å². The van der Waals surface area contributed by atoms with E-state index in [4.69, 9.17) is 0 Å². The summed E-state index contributed by atoms with van der Waals surface area (Å²) in [4.78, 5) is 0. The lowest BCUT2D eigenvalue weighted by Gasteiger charge is -2.00. The van der Waals surface area contributed by atoms with Gasteiger partial charge in [-0.15, -0.1) is 0 Å². The largest absolute Gasteiger partial charge is 0.207 e. The number of halogens is 1. The predicted octanol–water partition coefficient (Wildman–Crippen LogP) is 4.20. The van der Waals surface area contributed by atoms with Gasteiger partial charge in [-0.2, -0.15) is 11.3 Å². The van der Waals surface area contributed by atoms with Gasteiger partial charge in [-0.05, 0) is 51.7 Å². The second-order valence-corrected chi connectivity index (χ2v) is 3.77. The lowest BCUT2D eigenvalue weighted by molar-refractivity contribution is 0.628. The second-order valence-electron chi connectivity index (χ2n) is 2.99. The summed E-state index contributed by atoms with van der Waals surface area (Å²) in [5.74, 6) is -0.219. The molecule has 0 unspecified atom stereocenters. The van der Waals surface area contributed by atoms with Gasteiger partial charge in [-0.3, -0.25) is 0 Å². The van der Waals surface area contributed by atoms with Crippen LogP contribution in [0.3, 0.4) is 0 Å². The van der Waals surface area contributed by atoms with Crippen molar-refractivity contribution < 1.29 is 4.39 Å². The van der Waals surface area contributed by atoms with Crippen LogP contribution in [0.4, 0.5) is 4.39 Å². The average Bonchev–Trinajstić information content (AvgIpc) is 2.69. The first-order valence-corrected chi connectivity index (χ1v) is 5.19. The summed E-state index contributed by atoms with van der Waals surface area (Å²) in [5.41, 5.74) is 2.77. The van der Waals surface area contributed by atoms with E-state index in [-0.39, 0.29) is 5.82 Å². The maximum absolute atomic E-state index is 13.2. The predicted molar refractivity (Wildman–Crippen MR) is 59.8 cm³/mol. The number of hydrogen-bond donors (Lipinski definition) is 0. The molecule has 0 amide bonds. The van der Waals surface area contributed by atoms with Crippen LogP contribution in [0.25, 0.3) is 17.2 Å². The molecule has 1 aromatic heterocycles. The van der Waals surface area contributed by atoms with Crippen molar-refractivity contribution in [3.63, 3.8) is 0 Å². The molecule has 70 valence electrons. The molecule has 2 rings (SSSR count). The fourth-order valence-corrected chi connectivity index (χ4v) is 1.99. The van der Waals surface area contributed by atoms with Crippen molar-refractivity contribution >= 4 is 17.4 Å². The number of rotatable bonds is 2. The van der Waals surface area contributed by atoms with Crippen LogP contribution in [0.1, 0.15) is 5.56 Å². The molecule has 0 radical (unpaired) electrons. The minimum atomic E-state index is -0.219. The summed E-state index contributed by atoms with van der Waals surface area (Å²) in [5, 5.41) is 3.98. The third kappa shape index (κ3) is 1.75. The van der Waals surface area contributed by atoms with Gasteiger partial charge in [-0.25, -0.2) is 4.39 Å². The highest BCUT2D eigenvalue weighted by Gasteiger charge is 2.01. The highest BCUT2D eigenvalue weighted by atomic mass is 32.1. The van der Waals surface area contributed by atoms with Crippen LogP contribution in [0, 0.1) is 5.82 Å². The molecule has 1 heterocycles. The van der Waals surface area contributed by atoms with Crippen molar-refractivity contribution in [2.75, 3.05) is 0 Å². The normalized spacial score (nSPS) is 10.1. The molecule has 0 saturated heterocycles. The van der Waals surface area contributed by atoms with E-state index in [1.54, 1.807) is 17.4 Å². The van der Waals surface area contributed by atoms with Gasteiger partial charge in [0.25, 0.3) is 0 Å². The Hall–Kier alpha value is -1.41. The van der Waals surface area contributed by atoms with Gasteiger partial charge in [-0.1, -0.05) is 12.7 Å². The van der Waals surface area contributed by atoms with Gasteiger partial charge >= 0.3 is 0 Å². The van der Waals surface area contributed by atoms with E-state index in [9.17, 15) is 4.39 Å². The fraction of sp³-hybridized carbons (Fsp3) is 0. The maximum atomic E-state index is 13.2. The first-order chi connectivity index (χ1) is 6.79. The van der Waals surface area contributed by atoms with Crippen LogP contribution in [0.15, 0.2) is 41.6 Å². The van der Waals surface area contributed by atoms with Crippen molar-refractivity contribution in [1.82, 2.24) is 0 Å². The van der Waals surface area contributed by atoms with Crippen molar-refractivity contribution in [1.29, 1.82) is 0 Å². The molecular formula is C12H9FS. The quantitative estimate of drug-likeness (QED) is 0.687. The number of thiophene rings is 1. The molecule has 0 spiro atoms. The summed E-state index contributed by atoms with van der Waals surface area (Å²) in [6.45, 7) is 3.63. The minimum absolute atomic E-state index is 0.219. The Morgan fingerprint density at radius 2 is 2.07 bits per heavy atom. The molecule has 0 nitrogen and oxygen atoms in total. The zero-order chi connectivity index (χ0) is 9.97. The Morgan fingerprint density at radius 3 is 2.71 bits per heavy atom. The molecule has 0 saturated carbocycles. The van der Waals surface area contributed by atoms with Crippen molar-refractivity contribution in [2.24, 2.45) is 0 Å². The van der Waals surface area contributed by atoms with Gasteiger partial charge in [0, 0.05) is 0 Å². The Morgan fingerprint density at radius 1 is 1.21 bits per heavy atom. The average molecular weight is 204 g/mol. The van der Waals surface area contributed by atoms with Crippen molar-refractivity contribution in [3.8, 4) is 11.1 Å². The van der Waals surface area contributed by atoms with Gasteiger partial charge in [0.1, 0.15) is 5.82 Å². The number of hydrogen-bond acceptors (Lipinski definition) is 1. The maximum Gasteiger partial charge on any atom is 0.124 e. The Kier molecular flexibility index (Phi) is 2.46. The van der Waals surface area contributed by atoms with Crippen LogP contribution >= 0.6 is 11.3 Å². The van der Waals surface area contributed by atoms with Crippen LogP contribution in [-0.4, -0.2) is 0 Å². The molecule has 0 aliphatic heterocycles. The first kappa shape index (κ1) is 9.16. The SMILES string of the molecule is C=Cc1cc(F)cc(-c2ccsc2)c1. The third-order valence-electron chi connectivity index (χ3n) is 2.01. The molecule has 0 aliphatic rings. The molecule has 0 fully saturated rings. The van der Waals surface area contributed by atoms with Crippen molar-refractivity contribution in [3.05, 3.63) is 53.0 Å². The van der Waals surface area contributed by atoms with Crippen molar-refractivity contribution in [2.45, 2.75) is 0 Å². The Labute approximate surface area is 86.3 Å². The zero-order valence-electron chi connectivity index (χ0n) is 7.53. The summed E-state index contributed by atoms with van der Waals surface area (Å²) in [7, 11) is 0. The second kappa shape index (κ2) is 3.76. The van der Waals surface area contributed by atoms with E-state index < -0.39 is 0 Å². The molecule has 14 heavy (non-hydrogen) atoms. The minimum Gasteiger partial charge on any atom is -0.207 e. The van der Waals surface area contributed by atoms with Gasteiger partial charge in [0.2, 0.25) is 0 Å². The molecule has 0 atom stereocenters. The monoisotopic (exact) mass is 204 g/mol. The standard InChI is InChI=1S/C12H9FS/c1-2-9-5-11(7-12(13)6-9)10-3-4-14-8-10/h2-8H,1H2. The van der Waals surface area contributed by atoms with E-state index in [1.807, 2.05) is 22.9 Å². The molecule has 1 aromatic carbocycles. The molecule has 0 bridgehead atoms. The number of benzene rings is 1. The van der Waals surface area contributed by atoms with E-state index in [2.05, 4.69) is 6.58 Å². The summed E-state index contributed by atoms with van der Waals surface area (Å²) in [6, 6.07) is 6.92. The topological polar surface area (TPSA) is 0 Å². The zero-order valence-corrected chi connectivity index (χ0v) is 8.35.